The Morgan fingerprint density at radius 2 is 0.889 bits per heavy atom. The Hall–Kier alpha value is -7.98. The molecule has 0 atom stereocenters. The molecule has 0 aliphatic heterocycles. The van der Waals surface area contributed by atoms with Crippen LogP contribution in [-0.4, -0.2) is 9.13 Å². The van der Waals surface area contributed by atoms with Crippen molar-refractivity contribution in [3.8, 4) is 55.9 Å². The molecule has 0 radical (unpaired) electrons. The van der Waals surface area contributed by atoms with Gasteiger partial charge in [-0.2, -0.15) is 0 Å². The van der Waals surface area contributed by atoms with E-state index in [1.165, 1.54) is 114 Å². The first-order valence-electron chi connectivity index (χ1n) is 21.6. The van der Waals surface area contributed by atoms with E-state index in [9.17, 15) is 0 Å². The molecule has 0 bridgehead atoms. The highest BCUT2D eigenvalue weighted by Crippen LogP contribution is 2.47. The van der Waals surface area contributed by atoms with Crippen molar-refractivity contribution in [2.75, 3.05) is 0 Å². The van der Waals surface area contributed by atoms with E-state index in [1.807, 2.05) is 11.3 Å². The van der Waals surface area contributed by atoms with Gasteiger partial charge in [-0.05, 0) is 81.4 Å². The van der Waals surface area contributed by atoms with Gasteiger partial charge in [0.05, 0.1) is 32.5 Å². The first-order chi connectivity index (χ1) is 31.3. The lowest BCUT2D eigenvalue weighted by Gasteiger charge is -2.16. The van der Waals surface area contributed by atoms with Crippen molar-refractivity contribution in [3.63, 3.8) is 0 Å². The molecule has 0 saturated heterocycles. The Balaban J connectivity index is 1.07. The summed E-state index contributed by atoms with van der Waals surface area (Å²) in [6.07, 6.45) is 0. The molecule has 0 amide bonds. The highest BCUT2D eigenvalue weighted by atomic mass is 32.1. The smallest absolute Gasteiger partial charge is 0.0641 e. The summed E-state index contributed by atoms with van der Waals surface area (Å²) in [6, 6.07) is 84.6. The predicted molar refractivity (Wildman–Crippen MR) is 270 cm³/mol. The van der Waals surface area contributed by atoms with Crippen LogP contribution in [0.3, 0.4) is 0 Å². The largest absolute Gasteiger partial charge is 0.309 e. The summed E-state index contributed by atoms with van der Waals surface area (Å²) in [7, 11) is 0. The fourth-order valence-corrected chi connectivity index (χ4v) is 11.4. The van der Waals surface area contributed by atoms with Crippen molar-refractivity contribution in [2.24, 2.45) is 0 Å². The molecule has 3 aromatic heterocycles. The molecule has 0 spiro atoms. The molecule has 2 nitrogen and oxygen atoms in total. The normalized spacial score (nSPS) is 11.8. The lowest BCUT2D eigenvalue weighted by molar-refractivity contribution is 1.18. The van der Waals surface area contributed by atoms with E-state index in [1.54, 1.807) is 0 Å². The Labute approximate surface area is 368 Å². The van der Waals surface area contributed by atoms with Crippen LogP contribution in [0, 0.1) is 0 Å². The van der Waals surface area contributed by atoms with Gasteiger partial charge in [-0.25, -0.2) is 0 Å². The lowest BCUT2D eigenvalue weighted by Crippen LogP contribution is -1.97. The molecule has 0 N–H and O–H groups in total. The zero-order valence-corrected chi connectivity index (χ0v) is 35.1. The molecular formula is C60H38N2S. The molecule has 3 heterocycles. The van der Waals surface area contributed by atoms with Crippen LogP contribution in [0.5, 0.6) is 0 Å². The van der Waals surface area contributed by atoms with Crippen molar-refractivity contribution in [2.45, 2.75) is 0 Å². The Bertz CT molecular complexity index is 3900. The van der Waals surface area contributed by atoms with Gasteiger partial charge in [0.15, 0.2) is 0 Å². The van der Waals surface area contributed by atoms with Crippen molar-refractivity contribution in [1.29, 1.82) is 0 Å². The van der Waals surface area contributed by atoms with Gasteiger partial charge in [0.1, 0.15) is 0 Å². The second kappa shape index (κ2) is 14.3. The number of para-hydroxylation sites is 3. The van der Waals surface area contributed by atoms with E-state index in [4.69, 9.17) is 0 Å². The van der Waals surface area contributed by atoms with Crippen LogP contribution >= 0.6 is 11.3 Å². The monoisotopic (exact) mass is 818 g/mol. The third-order valence-corrected chi connectivity index (χ3v) is 14.1. The van der Waals surface area contributed by atoms with E-state index < -0.39 is 0 Å². The Morgan fingerprint density at radius 1 is 0.302 bits per heavy atom. The van der Waals surface area contributed by atoms with E-state index in [0.29, 0.717) is 0 Å². The fourth-order valence-electron chi connectivity index (χ4n) is 10.2. The maximum absolute atomic E-state index is 2.53. The van der Waals surface area contributed by atoms with Crippen molar-refractivity contribution < 1.29 is 0 Å². The van der Waals surface area contributed by atoms with Gasteiger partial charge in [-0.1, -0.05) is 188 Å². The number of rotatable bonds is 6. The minimum atomic E-state index is 1.14. The molecule has 0 unspecified atom stereocenters. The minimum Gasteiger partial charge on any atom is -0.309 e. The highest BCUT2D eigenvalue weighted by Gasteiger charge is 2.22. The van der Waals surface area contributed by atoms with Crippen molar-refractivity contribution in [1.82, 2.24) is 9.13 Å². The standard InChI is InChI=1S/C60H38N2S/c1-3-17-39(18-4-1)41-21-15-22-43(37-41)61-53-30-12-10-26-48(53)51-29-16-28-45(59(51)61)42-33-34-49-47-25-9-13-31-54(47)62(56(49)38-42)55-36-35-50(58-52-27-11-14-32-57(52)63-60(55)58)46-24-8-7-23-44(46)40-19-5-2-6-20-40/h1-38H. The second-order valence-electron chi connectivity index (χ2n) is 16.4. The quantitative estimate of drug-likeness (QED) is 0.158. The summed E-state index contributed by atoms with van der Waals surface area (Å²) in [5.41, 5.74) is 16.9. The second-order valence-corrected chi connectivity index (χ2v) is 17.5. The maximum Gasteiger partial charge on any atom is 0.0641 e. The molecule has 10 aromatic carbocycles. The van der Waals surface area contributed by atoms with Gasteiger partial charge in [0.25, 0.3) is 0 Å². The molecule has 3 heteroatoms. The van der Waals surface area contributed by atoms with Gasteiger partial charge in [0.2, 0.25) is 0 Å². The van der Waals surface area contributed by atoms with Crippen LogP contribution in [0.15, 0.2) is 231 Å². The molecule has 0 saturated carbocycles. The van der Waals surface area contributed by atoms with Gasteiger partial charge in [-0.3, -0.25) is 0 Å². The number of benzene rings is 10. The van der Waals surface area contributed by atoms with Crippen LogP contribution in [-0.2, 0) is 0 Å². The third-order valence-electron chi connectivity index (χ3n) is 12.9. The van der Waals surface area contributed by atoms with Gasteiger partial charge >= 0.3 is 0 Å². The van der Waals surface area contributed by atoms with Crippen LogP contribution in [0.2, 0.25) is 0 Å². The Kier molecular flexibility index (Phi) is 8.12. The molecule has 0 aliphatic carbocycles. The first kappa shape index (κ1) is 35.7. The molecule has 294 valence electrons. The number of hydrogen-bond donors (Lipinski definition) is 0. The summed E-state index contributed by atoms with van der Waals surface area (Å²) < 4.78 is 7.57. The van der Waals surface area contributed by atoms with Crippen LogP contribution in [0.1, 0.15) is 0 Å². The molecule has 0 fully saturated rings. The highest BCUT2D eigenvalue weighted by molar-refractivity contribution is 7.26. The fraction of sp³-hybridized carbons (Fsp3) is 0. The molecule has 63 heavy (non-hydrogen) atoms. The Morgan fingerprint density at radius 3 is 1.70 bits per heavy atom. The number of aromatic nitrogens is 2. The van der Waals surface area contributed by atoms with E-state index in [0.717, 1.165) is 5.69 Å². The van der Waals surface area contributed by atoms with E-state index in [-0.39, 0.29) is 0 Å². The molecule has 13 aromatic rings. The average Bonchev–Trinajstić information content (AvgIpc) is 4.03. The van der Waals surface area contributed by atoms with E-state index in [2.05, 4.69) is 240 Å². The van der Waals surface area contributed by atoms with Crippen LogP contribution in [0.25, 0.3) is 120 Å². The predicted octanol–water partition coefficient (Wildman–Crippen LogP) is 16.9. The zero-order valence-electron chi connectivity index (χ0n) is 34.2. The summed E-state index contributed by atoms with van der Waals surface area (Å²) in [5.74, 6) is 0. The number of fused-ring (bicyclic) bond motifs is 9. The number of hydrogen-bond acceptors (Lipinski definition) is 1. The first-order valence-corrected chi connectivity index (χ1v) is 22.4. The van der Waals surface area contributed by atoms with Gasteiger partial charge in [0, 0.05) is 48.3 Å². The van der Waals surface area contributed by atoms with Crippen LogP contribution in [0.4, 0.5) is 0 Å². The van der Waals surface area contributed by atoms with E-state index >= 15 is 0 Å². The topological polar surface area (TPSA) is 9.86 Å². The van der Waals surface area contributed by atoms with Crippen molar-refractivity contribution >= 4 is 75.1 Å². The summed E-state index contributed by atoms with van der Waals surface area (Å²) in [5, 5.41) is 7.56. The SMILES string of the molecule is c1ccc(-c2cccc(-n3c4ccccc4c4cccc(-c5ccc6c7ccccc7n(-c7ccc(-c8ccccc8-c8ccccc8)c8c7sc7ccccc78)c6c5)c43)c2)cc1. The van der Waals surface area contributed by atoms with Crippen LogP contribution < -0.4 is 0 Å². The third kappa shape index (κ3) is 5.57. The molecule has 0 aliphatic rings. The average molecular weight is 819 g/mol. The summed E-state index contributed by atoms with van der Waals surface area (Å²) in [4.78, 5) is 0. The van der Waals surface area contributed by atoms with Gasteiger partial charge in [-0.15, -0.1) is 11.3 Å². The minimum absolute atomic E-state index is 1.14. The number of thiophene rings is 1. The lowest BCUT2D eigenvalue weighted by atomic mass is 9.91. The summed E-state index contributed by atoms with van der Waals surface area (Å²) >= 11 is 1.89. The maximum atomic E-state index is 2.53. The summed E-state index contributed by atoms with van der Waals surface area (Å²) in [6.45, 7) is 0. The van der Waals surface area contributed by atoms with Gasteiger partial charge < -0.3 is 9.13 Å². The molecule has 13 rings (SSSR count). The van der Waals surface area contributed by atoms with Crippen molar-refractivity contribution in [3.05, 3.63) is 231 Å². The number of nitrogens with zero attached hydrogens (tertiary/aromatic N) is 2. The zero-order chi connectivity index (χ0) is 41.4. The molecular weight excluding hydrogens is 781 g/mol.